The highest BCUT2D eigenvalue weighted by atomic mass is 19.1. The number of ether oxygens (including phenoxy) is 1. The molecule has 1 aliphatic heterocycles. The Kier molecular flexibility index (Phi) is 6.83. The monoisotopic (exact) mass is 477 g/mol. The van der Waals surface area contributed by atoms with Crippen molar-refractivity contribution in [2.45, 2.75) is 37.6 Å². The van der Waals surface area contributed by atoms with Crippen LogP contribution >= 0.6 is 0 Å². The van der Waals surface area contributed by atoms with Crippen molar-refractivity contribution in [1.82, 2.24) is 20.0 Å². The summed E-state index contributed by atoms with van der Waals surface area (Å²) in [6.07, 6.45) is 2.27. The Morgan fingerprint density at radius 1 is 1.11 bits per heavy atom. The van der Waals surface area contributed by atoms with Crippen LogP contribution in [0.15, 0.2) is 54.6 Å². The molecule has 35 heavy (non-hydrogen) atoms. The topological polar surface area (TPSA) is 71.4 Å². The first-order valence-corrected chi connectivity index (χ1v) is 12.2. The smallest absolute Gasteiger partial charge is 0.320 e. The first-order chi connectivity index (χ1) is 17.0. The molecule has 2 heterocycles. The van der Waals surface area contributed by atoms with E-state index in [2.05, 4.69) is 15.5 Å². The number of benzene rings is 2. The van der Waals surface area contributed by atoms with Crippen molar-refractivity contribution >= 4 is 11.8 Å². The van der Waals surface area contributed by atoms with E-state index in [-0.39, 0.29) is 23.8 Å². The second-order valence-electron chi connectivity index (χ2n) is 9.50. The quantitative estimate of drug-likeness (QED) is 0.504. The highest BCUT2D eigenvalue weighted by molar-refractivity contribution is 5.90. The average Bonchev–Trinajstić information content (AvgIpc) is 3.56. The van der Waals surface area contributed by atoms with E-state index in [9.17, 15) is 9.18 Å². The number of para-hydroxylation sites is 1. The molecule has 2 N–H and O–H groups in total. The second-order valence-corrected chi connectivity index (χ2v) is 9.50. The minimum Gasteiger partial charge on any atom is -0.383 e. The van der Waals surface area contributed by atoms with Gasteiger partial charge in [-0.15, -0.1) is 0 Å². The van der Waals surface area contributed by atoms with Crippen molar-refractivity contribution in [3.8, 4) is 5.69 Å². The van der Waals surface area contributed by atoms with Gasteiger partial charge in [-0.2, -0.15) is 5.10 Å². The van der Waals surface area contributed by atoms with Gasteiger partial charge < -0.3 is 10.1 Å². The summed E-state index contributed by atoms with van der Waals surface area (Å²) in [6, 6.07) is 16.1. The summed E-state index contributed by atoms with van der Waals surface area (Å²) in [5.41, 5.74) is 3.99. The molecule has 1 saturated carbocycles. The molecular formula is C27H32FN5O2. The molecule has 2 amide bonds. The molecule has 184 valence electrons. The van der Waals surface area contributed by atoms with Gasteiger partial charge in [0, 0.05) is 44.1 Å². The van der Waals surface area contributed by atoms with Crippen molar-refractivity contribution in [3.63, 3.8) is 0 Å². The van der Waals surface area contributed by atoms with Crippen molar-refractivity contribution in [3.05, 3.63) is 77.2 Å². The summed E-state index contributed by atoms with van der Waals surface area (Å²) in [5.74, 6) is 0.959. The number of carbonyl (C=O) groups excluding carboxylic acids is 1. The van der Waals surface area contributed by atoms with E-state index < -0.39 is 0 Å². The maximum Gasteiger partial charge on any atom is 0.320 e. The molecule has 0 bridgehead atoms. The zero-order valence-corrected chi connectivity index (χ0v) is 20.2. The third-order valence-electron chi connectivity index (χ3n) is 6.98. The molecule has 7 nitrogen and oxygen atoms in total. The largest absolute Gasteiger partial charge is 0.383 e. The van der Waals surface area contributed by atoms with Gasteiger partial charge in [0.05, 0.1) is 24.0 Å². The summed E-state index contributed by atoms with van der Waals surface area (Å²) in [6.45, 7) is 4.89. The molecule has 2 atom stereocenters. The van der Waals surface area contributed by atoms with E-state index in [1.165, 1.54) is 12.1 Å². The summed E-state index contributed by atoms with van der Waals surface area (Å²) >= 11 is 0. The molecule has 1 saturated heterocycles. The van der Waals surface area contributed by atoms with E-state index in [1.54, 1.807) is 7.11 Å². The summed E-state index contributed by atoms with van der Waals surface area (Å²) in [7, 11) is 1.69. The number of likely N-dealkylation sites (tertiary alicyclic amines) is 1. The predicted molar refractivity (Wildman–Crippen MR) is 134 cm³/mol. The number of aromatic nitrogens is 2. The van der Waals surface area contributed by atoms with E-state index in [0.29, 0.717) is 24.9 Å². The second kappa shape index (κ2) is 10.2. The zero-order chi connectivity index (χ0) is 24.4. The molecule has 0 radical (unpaired) electrons. The first kappa shape index (κ1) is 23.5. The molecule has 2 fully saturated rings. The highest BCUT2D eigenvalue weighted by Gasteiger charge is 2.35. The van der Waals surface area contributed by atoms with Crippen LogP contribution in [0.5, 0.6) is 0 Å². The predicted octanol–water partition coefficient (Wildman–Crippen LogP) is 4.43. The summed E-state index contributed by atoms with van der Waals surface area (Å²) in [5, 5.41) is 11.1. The van der Waals surface area contributed by atoms with Crippen LogP contribution in [0.2, 0.25) is 0 Å². The maximum absolute atomic E-state index is 13.5. The maximum atomic E-state index is 13.5. The van der Waals surface area contributed by atoms with Gasteiger partial charge in [-0.3, -0.25) is 10.2 Å². The third kappa shape index (κ3) is 5.23. The number of carbonyl (C=O) groups is 1. The van der Waals surface area contributed by atoms with Crippen LogP contribution in [0.3, 0.4) is 0 Å². The third-order valence-corrected chi connectivity index (χ3v) is 6.98. The molecular weight excluding hydrogens is 445 g/mol. The van der Waals surface area contributed by atoms with E-state index in [0.717, 1.165) is 48.4 Å². The van der Waals surface area contributed by atoms with Gasteiger partial charge in [0.25, 0.3) is 0 Å². The molecule has 2 unspecified atom stereocenters. The lowest BCUT2D eigenvalue weighted by molar-refractivity contribution is 0.159. The molecule has 1 aliphatic carbocycles. The number of nitrogens with one attached hydrogen (secondary N) is 2. The van der Waals surface area contributed by atoms with Gasteiger partial charge in [0.1, 0.15) is 11.6 Å². The minimum atomic E-state index is -0.266. The lowest BCUT2D eigenvalue weighted by Gasteiger charge is -2.21. The van der Waals surface area contributed by atoms with Gasteiger partial charge >= 0.3 is 6.03 Å². The number of urea groups is 1. The van der Waals surface area contributed by atoms with Crippen molar-refractivity contribution in [2.75, 3.05) is 38.7 Å². The summed E-state index contributed by atoms with van der Waals surface area (Å²) in [4.78, 5) is 15.6. The van der Waals surface area contributed by atoms with Crippen LogP contribution in [0.25, 0.3) is 5.69 Å². The normalized spacial score (nSPS) is 20.2. The zero-order valence-electron chi connectivity index (χ0n) is 20.2. The van der Waals surface area contributed by atoms with E-state index >= 15 is 0 Å². The lowest BCUT2D eigenvalue weighted by atomic mass is 9.94. The van der Waals surface area contributed by atoms with Crippen LogP contribution in [0.4, 0.5) is 15.0 Å². The number of anilines is 1. The van der Waals surface area contributed by atoms with Gasteiger partial charge in [-0.05, 0) is 49.6 Å². The first-order valence-electron chi connectivity index (χ1n) is 12.2. The van der Waals surface area contributed by atoms with Crippen molar-refractivity contribution in [2.24, 2.45) is 0 Å². The molecule has 3 aromatic rings. The Bertz CT molecular complexity index is 1160. The van der Waals surface area contributed by atoms with E-state index in [1.807, 2.05) is 54.1 Å². The Labute approximate surface area is 205 Å². The van der Waals surface area contributed by atoms with Gasteiger partial charge in [0.15, 0.2) is 0 Å². The highest BCUT2D eigenvalue weighted by Crippen LogP contribution is 2.43. The molecule has 2 aromatic carbocycles. The Hall–Kier alpha value is -3.23. The van der Waals surface area contributed by atoms with Crippen LogP contribution in [-0.4, -0.2) is 60.1 Å². The van der Waals surface area contributed by atoms with Crippen molar-refractivity contribution in [1.29, 1.82) is 0 Å². The molecule has 0 spiro atoms. The number of nitrogens with zero attached hydrogens (tertiary/aromatic N) is 3. The SMILES string of the molecule is COCCN1CC(NC(=O)Nc2c(C)c(C3CC3)nn2-c2ccccc2)C(c2ccc(F)cc2)C1. The molecule has 5 rings (SSSR count). The number of rotatable bonds is 8. The number of hydrogen-bond acceptors (Lipinski definition) is 4. The molecule has 1 aromatic heterocycles. The van der Waals surface area contributed by atoms with Crippen molar-refractivity contribution < 1.29 is 13.9 Å². The van der Waals surface area contributed by atoms with E-state index in [4.69, 9.17) is 9.84 Å². The fraction of sp³-hybridized carbons (Fsp3) is 0.407. The molecule has 2 aliphatic rings. The fourth-order valence-electron chi connectivity index (χ4n) is 4.95. The molecule has 8 heteroatoms. The lowest BCUT2D eigenvalue weighted by Crippen LogP contribution is -2.42. The van der Waals surface area contributed by atoms with Crippen LogP contribution in [-0.2, 0) is 4.74 Å². The minimum absolute atomic E-state index is 0.0559. The number of halogens is 1. The van der Waals surface area contributed by atoms with Gasteiger partial charge in [-0.1, -0.05) is 30.3 Å². The number of methoxy groups -OCH3 is 1. The van der Waals surface area contributed by atoms with Gasteiger partial charge in [0.2, 0.25) is 0 Å². The van der Waals surface area contributed by atoms with Crippen LogP contribution in [0.1, 0.15) is 41.5 Å². The fourth-order valence-corrected chi connectivity index (χ4v) is 4.95. The van der Waals surface area contributed by atoms with Gasteiger partial charge in [-0.25, -0.2) is 13.9 Å². The van der Waals surface area contributed by atoms with Crippen LogP contribution < -0.4 is 10.6 Å². The Morgan fingerprint density at radius 2 is 1.86 bits per heavy atom. The average molecular weight is 478 g/mol. The number of hydrogen-bond donors (Lipinski definition) is 2. The standard InChI is InChI=1S/C27H32FN5O2/c1-18-25(20-8-9-20)31-33(22-6-4-3-5-7-22)26(18)30-27(34)29-24-17-32(14-15-35-2)16-23(24)19-10-12-21(28)13-11-19/h3-7,10-13,20,23-24H,8-9,14-17H2,1-2H3,(H2,29,30,34). The van der Waals surface area contributed by atoms with Crippen LogP contribution in [0, 0.1) is 12.7 Å². The number of amides is 2. The summed E-state index contributed by atoms with van der Waals surface area (Å²) < 4.78 is 20.6. The Balaban J connectivity index is 1.36. The Morgan fingerprint density at radius 3 is 2.54 bits per heavy atom.